The van der Waals surface area contributed by atoms with Gasteiger partial charge in [-0.3, -0.25) is 4.90 Å². The van der Waals surface area contributed by atoms with E-state index in [2.05, 4.69) is 38.0 Å². The van der Waals surface area contributed by atoms with Crippen LogP contribution in [0, 0.1) is 0 Å². The van der Waals surface area contributed by atoms with Crippen molar-refractivity contribution >= 4 is 0 Å². The van der Waals surface area contributed by atoms with Crippen molar-refractivity contribution < 1.29 is 0 Å². The van der Waals surface area contributed by atoms with Crippen molar-refractivity contribution in [3.63, 3.8) is 0 Å². The molecule has 2 atom stereocenters. The van der Waals surface area contributed by atoms with Gasteiger partial charge in [0.05, 0.1) is 0 Å². The SMILES string of the molecule is CNC1CC(C)N(C(C)C)C1. The molecule has 1 saturated heterocycles. The molecular weight excluding hydrogens is 136 g/mol. The molecule has 1 rings (SSSR count). The van der Waals surface area contributed by atoms with Crippen molar-refractivity contribution in [2.45, 2.75) is 45.3 Å². The monoisotopic (exact) mass is 156 g/mol. The Bertz CT molecular complexity index is 123. The summed E-state index contributed by atoms with van der Waals surface area (Å²) in [7, 11) is 2.06. The van der Waals surface area contributed by atoms with E-state index in [0.29, 0.717) is 12.1 Å². The zero-order chi connectivity index (χ0) is 8.43. The lowest BCUT2D eigenvalue weighted by Crippen LogP contribution is -2.35. The summed E-state index contributed by atoms with van der Waals surface area (Å²) in [6.45, 7) is 8.08. The van der Waals surface area contributed by atoms with Crippen LogP contribution in [0.25, 0.3) is 0 Å². The van der Waals surface area contributed by atoms with Gasteiger partial charge >= 0.3 is 0 Å². The number of likely N-dealkylation sites (tertiary alicyclic amines) is 1. The fourth-order valence-electron chi connectivity index (χ4n) is 1.99. The summed E-state index contributed by atoms with van der Waals surface area (Å²) in [5.41, 5.74) is 0. The van der Waals surface area contributed by atoms with Gasteiger partial charge < -0.3 is 5.32 Å². The molecule has 0 aromatic rings. The van der Waals surface area contributed by atoms with Gasteiger partial charge in [0.2, 0.25) is 0 Å². The van der Waals surface area contributed by atoms with Crippen molar-refractivity contribution in [3.8, 4) is 0 Å². The Kier molecular flexibility index (Phi) is 2.90. The van der Waals surface area contributed by atoms with Gasteiger partial charge in [0.15, 0.2) is 0 Å². The highest BCUT2D eigenvalue weighted by Crippen LogP contribution is 2.19. The van der Waals surface area contributed by atoms with Crippen LogP contribution in [0.15, 0.2) is 0 Å². The summed E-state index contributed by atoms with van der Waals surface area (Å²) in [6, 6.07) is 2.17. The maximum Gasteiger partial charge on any atom is 0.0207 e. The topological polar surface area (TPSA) is 15.3 Å². The molecule has 1 heterocycles. The fraction of sp³-hybridized carbons (Fsp3) is 1.00. The van der Waals surface area contributed by atoms with Crippen LogP contribution in [0.4, 0.5) is 0 Å². The Labute approximate surface area is 70.0 Å². The number of likely N-dealkylation sites (N-methyl/N-ethyl adjacent to an activating group) is 1. The molecule has 0 bridgehead atoms. The normalized spacial score (nSPS) is 33.5. The molecule has 0 aromatic heterocycles. The number of hydrogen-bond acceptors (Lipinski definition) is 2. The Hall–Kier alpha value is -0.0800. The van der Waals surface area contributed by atoms with Crippen molar-refractivity contribution in [1.29, 1.82) is 0 Å². The fourth-order valence-corrected chi connectivity index (χ4v) is 1.99. The van der Waals surface area contributed by atoms with Crippen molar-refractivity contribution in [2.75, 3.05) is 13.6 Å². The molecule has 1 N–H and O–H groups in total. The summed E-state index contributed by atoms with van der Waals surface area (Å²) < 4.78 is 0. The molecule has 11 heavy (non-hydrogen) atoms. The highest BCUT2D eigenvalue weighted by molar-refractivity contribution is 4.87. The molecule has 0 radical (unpaired) electrons. The van der Waals surface area contributed by atoms with Crippen molar-refractivity contribution in [3.05, 3.63) is 0 Å². The van der Waals surface area contributed by atoms with Gasteiger partial charge in [0.1, 0.15) is 0 Å². The standard InChI is InChI=1S/C9H20N2/c1-7(2)11-6-9(10-4)5-8(11)3/h7-10H,5-6H2,1-4H3. The van der Waals surface area contributed by atoms with Crippen LogP contribution < -0.4 is 5.32 Å². The molecule has 0 saturated carbocycles. The molecule has 2 nitrogen and oxygen atoms in total. The van der Waals surface area contributed by atoms with Gasteiger partial charge in [-0.15, -0.1) is 0 Å². The third-order valence-electron chi connectivity index (χ3n) is 2.69. The van der Waals surface area contributed by atoms with E-state index in [1.807, 2.05) is 0 Å². The van der Waals surface area contributed by atoms with Crippen LogP contribution in [0.1, 0.15) is 27.2 Å². The molecule has 1 fully saturated rings. The van der Waals surface area contributed by atoms with Crippen molar-refractivity contribution in [1.82, 2.24) is 10.2 Å². The highest BCUT2D eigenvalue weighted by Gasteiger charge is 2.29. The molecule has 1 aliphatic rings. The van der Waals surface area contributed by atoms with Crippen LogP contribution in [0.3, 0.4) is 0 Å². The van der Waals surface area contributed by atoms with Crippen LogP contribution >= 0.6 is 0 Å². The van der Waals surface area contributed by atoms with Crippen LogP contribution in [-0.4, -0.2) is 36.6 Å². The quantitative estimate of drug-likeness (QED) is 0.643. The van der Waals surface area contributed by atoms with Gasteiger partial charge in [0.25, 0.3) is 0 Å². The van der Waals surface area contributed by atoms with Gasteiger partial charge in [-0.2, -0.15) is 0 Å². The smallest absolute Gasteiger partial charge is 0.0207 e. The summed E-state index contributed by atoms with van der Waals surface area (Å²) in [6.07, 6.45) is 1.30. The summed E-state index contributed by atoms with van der Waals surface area (Å²) in [5.74, 6) is 0. The molecule has 0 amide bonds. The Morgan fingerprint density at radius 3 is 2.36 bits per heavy atom. The van der Waals surface area contributed by atoms with Gasteiger partial charge in [-0.05, 0) is 34.2 Å². The van der Waals surface area contributed by atoms with E-state index in [-0.39, 0.29) is 0 Å². The Morgan fingerprint density at radius 1 is 1.45 bits per heavy atom. The van der Waals surface area contributed by atoms with E-state index in [1.165, 1.54) is 13.0 Å². The lowest BCUT2D eigenvalue weighted by Gasteiger charge is -2.25. The summed E-state index contributed by atoms with van der Waals surface area (Å²) >= 11 is 0. The van der Waals surface area contributed by atoms with Gasteiger partial charge in [-0.1, -0.05) is 0 Å². The number of nitrogens with zero attached hydrogens (tertiary/aromatic N) is 1. The minimum Gasteiger partial charge on any atom is -0.316 e. The van der Waals surface area contributed by atoms with Crippen LogP contribution in [0.5, 0.6) is 0 Å². The lowest BCUT2D eigenvalue weighted by atomic mass is 10.2. The first kappa shape index (κ1) is 9.01. The minimum absolute atomic E-state index is 0.698. The van der Waals surface area contributed by atoms with E-state index >= 15 is 0 Å². The van der Waals surface area contributed by atoms with E-state index < -0.39 is 0 Å². The first-order chi connectivity index (χ1) is 5.15. The van der Waals surface area contributed by atoms with E-state index in [9.17, 15) is 0 Å². The average Bonchev–Trinajstić information content (AvgIpc) is 2.30. The van der Waals surface area contributed by atoms with Crippen molar-refractivity contribution in [2.24, 2.45) is 0 Å². The third-order valence-corrected chi connectivity index (χ3v) is 2.69. The molecular formula is C9H20N2. The first-order valence-electron chi connectivity index (χ1n) is 4.58. The molecule has 2 unspecified atom stereocenters. The number of hydrogen-bond donors (Lipinski definition) is 1. The molecule has 2 heteroatoms. The molecule has 0 aliphatic carbocycles. The second-order valence-corrected chi connectivity index (χ2v) is 3.86. The summed E-state index contributed by atoms with van der Waals surface area (Å²) in [5, 5.41) is 3.34. The van der Waals surface area contributed by atoms with Crippen LogP contribution in [-0.2, 0) is 0 Å². The largest absolute Gasteiger partial charge is 0.316 e. The van der Waals surface area contributed by atoms with Gasteiger partial charge in [0, 0.05) is 24.7 Å². The number of rotatable bonds is 2. The predicted molar refractivity (Wildman–Crippen MR) is 48.8 cm³/mol. The maximum absolute atomic E-state index is 3.34. The summed E-state index contributed by atoms with van der Waals surface area (Å²) in [4.78, 5) is 2.56. The van der Waals surface area contributed by atoms with E-state index in [4.69, 9.17) is 0 Å². The minimum atomic E-state index is 0.698. The van der Waals surface area contributed by atoms with Gasteiger partial charge in [-0.25, -0.2) is 0 Å². The highest BCUT2D eigenvalue weighted by atomic mass is 15.2. The Morgan fingerprint density at radius 2 is 2.09 bits per heavy atom. The Balaban J connectivity index is 2.45. The first-order valence-corrected chi connectivity index (χ1v) is 4.58. The number of nitrogens with one attached hydrogen (secondary N) is 1. The van der Waals surface area contributed by atoms with E-state index in [1.54, 1.807) is 0 Å². The zero-order valence-corrected chi connectivity index (χ0v) is 8.09. The van der Waals surface area contributed by atoms with E-state index in [0.717, 1.165) is 6.04 Å². The lowest BCUT2D eigenvalue weighted by molar-refractivity contribution is 0.214. The average molecular weight is 156 g/mol. The molecule has 0 aromatic carbocycles. The zero-order valence-electron chi connectivity index (χ0n) is 8.09. The second-order valence-electron chi connectivity index (χ2n) is 3.86. The predicted octanol–water partition coefficient (Wildman–Crippen LogP) is 1.08. The maximum atomic E-state index is 3.34. The third kappa shape index (κ3) is 1.94. The molecule has 66 valence electrons. The van der Waals surface area contributed by atoms with Crippen LogP contribution in [0.2, 0.25) is 0 Å². The molecule has 1 aliphatic heterocycles. The molecule has 0 spiro atoms. The second kappa shape index (κ2) is 3.55.